The molecule has 7 nitrogen and oxygen atoms in total. The Balaban J connectivity index is 1.71. The molecule has 0 aliphatic heterocycles. The molecular formula is C22H22F2N6O. The molecule has 1 aromatic carbocycles. The molecule has 0 aliphatic carbocycles. The second-order valence-corrected chi connectivity index (χ2v) is 7.18. The van der Waals surface area contributed by atoms with Crippen molar-refractivity contribution in [1.82, 2.24) is 19.6 Å². The minimum atomic E-state index is -0.676. The maximum Gasteiger partial charge on any atom is 0.229 e. The molecule has 4 aromatic rings. The molecule has 0 saturated heterocycles. The van der Waals surface area contributed by atoms with Gasteiger partial charge in [0.25, 0.3) is 0 Å². The predicted molar refractivity (Wildman–Crippen MR) is 116 cm³/mol. The highest BCUT2D eigenvalue weighted by Gasteiger charge is 2.16. The van der Waals surface area contributed by atoms with Crippen molar-refractivity contribution in [2.75, 3.05) is 30.9 Å². The minimum Gasteiger partial charge on any atom is -0.380 e. The smallest absolute Gasteiger partial charge is 0.229 e. The molecule has 9 heteroatoms. The van der Waals surface area contributed by atoms with Crippen LogP contribution in [0.25, 0.3) is 16.8 Å². The van der Waals surface area contributed by atoms with Gasteiger partial charge in [-0.15, -0.1) is 0 Å². The van der Waals surface area contributed by atoms with Crippen LogP contribution >= 0.6 is 0 Å². The Labute approximate surface area is 178 Å². The van der Waals surface area contributed by atoms with Gasteiger partial charge in [-0.25, -0.2) is 13.8 Å². The normalized spacial score (nSPS) is 12.2. The molecular weight excluding hydrogens is 402 g/mol. The number of aromatic nitrogens is 4. The molecule has 1 unspecified atom stereocenters. The van der Waals surface area contributed by atoms with E-state index in [1.807, 2.05) is 24.9 Å². The van der Waals surface area contributed by atoms with E-state index in [2.05, 4.69) is 20.4 Å². The molecule has 31 heavy (non-hydrogen) atoms. The van der Waals surface area contributed by atoms with Crippen LogP contribution in [0.5, 0.6) is 0 Å². The number of fused-ring (bicyclic) bond motifs is 1. The molecule has 1 N–H and O–H groups in total. The number of nitrogens with zero attached hydrogens (tertiary/aromatic N) is 5. The molecule has 0 fully saturated rings. The number of likely N-dealkylation sites (N-methyl/N-ethyl adjacent to an activating group) is 1. The number of rotatable bonds is 7. The number of methoxy groups -OCH3 is 1. The number of halogens is 2. The van der Waals surface area contributed by atoms with Gasteiger partial charge < -0.3 is 15.0 Å². The van der Waals surface area contributed by atoms with E-state index in [9.17, 15) is 8.78 Å². The Kier molecular flexibility index (Phi) is 5.77. The fourth-order valence-corrected chi connectivity index (χ4v) is 3.34. The predicted octanol–water partition coefficient (Wildman–Crippen LogP) is 4.28. The van der Waals surface area contributed by atoms with E-state index < -0.39 is 11.6 Å². The van der Waals surface area contributed by atoms with Crippen molar-refractivity contribution in [3.8, 4) is 11.3 Å². The highest BCUT2D eigenvalue weighted by atomic mass is 19.1. The fourth-order valence-electron chi connectivity index (χ4n) is 3.34. The summed E-state index contributed by atoms with van der Waals surface area (Å²) >= 11 is 0. The lowest BCUT2D eigenvalue weighted by molar-refractivity contribution is 0.124. The lowest BCUT2D eigenvalue weighted by Gasteiger charge is -2.24. The summed E-state index contributed by atoms with van der Waals surface area (Å²) in [4.78, 5) is 10.6. The minimum absolute atomic E-state index is 0.0400. The summed E-state index contributed by atoms with van der Waals surface area (Å²) in [5, 5.41) is 7.65. The summed E-state index contributed by atoms with van der Waals surface area (Å²) in [7, 11) is 3.62. The van der Waals surface area contributed by atoms with Crippen LogP contribution in [0, 0.1) is 11.6 Å². The van der Waals surface area contributed by atoms with Gasteiger partial charge in [0.2, 0.25) is 5.95 Å². The third kappa shape index (κ3) is 4.17. The van der Waals surface area contributed by atoms with E-state index in [4.69, 9.17) is 4.74 Å². The van der Waals surface area contributed by atoms with Crippen molar-refractivity contribution in [3.63, 3.8) is 0 Å². The molecule has 0 amide bonds. The van der Waals surface area contributed by atoms with Gasteiger partial charge in [-0.05, 0) is 37.3 Å². The standard InChI is InChI=1S/C22H22F2N6O/c1-14(31-3)13-29(2)20-9-10-25-12-19(20)27-22-26-11-15-7-8-18(28-30(15)22)21-16(23)5-4-6-17(21)24/h4-12,14H,13H2,1-3H3,(H,26,27). The first-order chi connectivity index (χ1) is 15.0. The van der Waals surface area contributed by atoms with Crippen molar-refractivity contribution in [2.24, 2.45) is 0 Å². The SMILES string of the molecule is COC(C)CN(C)c1ccncc1Nc1ncc2ccc(-c3c(F)cccc3F)nn12. The number of benzene rings is 1. The number of hydrogen-bond acceptors (Lipinski definition) is 6. The van der Waals surface area contributed by atoms with Crippen molar-refractivity contribution >= 4 is 22.8 Å². The Morgan fingerprint density at radius 3 is 2.65 bits per heavy atom. The van der Waals surface area contributed by atoms with E-state index in [1.165, 1.54) is 22.7 Å². The van der Waals surface area contributed by atoms with E-state index >= 15 is 0 Å². The van der Waals surface area contributed by atoms with Crippen LogP contribution in [0.1, 0.15) is 6.92 Å². The van der Waals surface area contributed by atoms with Gasteiger partial charge in [0.15, 0.2) is 0 Å². The van der Waals surface area contributed by atoms with E-state index in [0.29, 0.717) is 23.7 Å². The van der Waals surface area contributed by atoms with Gasteiger partial charge in [-0.2, -0.15) is 9.61 Å². The average molecular weight is 424 g/mol. The maximum absolute atomic E-state index is 14.2. The van der Waals surface area contributed by atoms with Gasteiger partial charge in [0.05, 0.1) is 46.6 Å². The van der Waals surface area contributed by atoms with Crippen LogP contribution in [0.4, 0.5) is 26.1 Å². The number of hydrogen-bond donors (Lipinski definition) is 1. The zero-order chi connectivity index (χ0) is 22.0. The van der Waals surface area contributed by atoms with E-state index in [1.54, 1.807) is 37.8 Å². The first-order valence-corrected chi connectivity index (χ1v) is 9.72. The maximum atomic E-state index is 14.2. The molecule has 3 heterocycles. The van der Waals surface area contributed by atoms with Gasteiger partial charge >= 0.3 is 0 Å². The summed E-state index contributed by atoms with van der Waals surface area (Å²) in [5.74, 6) is -0.953. The molecule has 3 aromatic heterocycles. The summed E-state index contributed by atoms with van der Waals surface area (Å²) in [6.07, 6.45) is 5.06. The van der Waals surface area contributed by atoms with Crippen molar-refractivity contribution in [2.45, 2.75) is 13.0 Å². The quantitative estimate of drug-likeness (QED) is 0.478. The topological polar surface area (TPSA) is 67.6 Å². The number of ether oxygens (including phenoxy) is 1. The highest BCUT2D eigenvalue weighted by Crippen LogP contribution is 2.29. The van der Waals surface area contributed by atoms with Crippen LogP contribution in [-0.2, 0) is 4.74 Å². The molecule has 0 saturated carbocycles. The summed E-state index contributed by atoms with van der Waals surface area (Å²) < 4.78 is 35.3. The second-order valence-electron chi connectivity index (χ2n) is 7.18. The first kappa shape index (κ1) is 20.7. The summed E-state index contributed by atoms with van der Waals surface area (Å²) in [6, 6.07) is 8.89. The summed E-state index contributed by atoms with van der Waals surface area (Å²) in [5.41, 5.74) is 2.27. The third-order valence-corrected chi connectivity index (χ3v) is 4.99. The zero-order valence-electron chi connectivity index (χ0n) is 17.4. The number of pyridine rings is 1. The van der Waals surface area contributed by atoms with Crippen LogP contribution in [0.15, 0.2) is 55.0 Å². The van der Waals surface area contributed by atoms with E-state index in [-0.39, 0.29) is 17.4 Å². The zero-order valence-corrected chi connectivity index (χ0v) is 17.4. The monoisotopic (exact) mass is 424 g/mol. The lowest BCUT2D eigenvalue weighted by Crippen LogP contribution is -2.28. The highest BCUT2D eigenvalue weighted by molar-refractivity contribution is 5.73. The molecule has 1 atom stereocenters. The van der Waals surface area contributed by atoms with Crippen molar-refractivity contribution in [1.29, 1.82) is 0 Å². The van der Waals surface area contributed by atoms with Gasteiger partial charge in [0.1, 0.15) is 11.6 Å². The average Bonchev–Trinajstić information content (AvgIpc) is 3.16. The van der Waals surface area contributed by atoms with Crippen LogP contribution in [-0.4, -0.2) is 46.4 Å². The molecule has 0 aliphatic rings. The fraction of sp³-hybridized carbons (Fsp3) is 0.227. The second kappa shape index (κ2) is 8.65. The Morgan fingerprint density at radius 1 is 1.13 bits per heavy atom. The van der Waals surface area contributed by atoms with Crippen LogP contribution in [0.3, 0.4) is 0 Å². The van der Waals surface area contributed by atoms with Crippen LogP contribution < -0.4 is 10.2 Å². The Hall–Kier alpha value is -3.59. The molecule has 0 spiro atoms. The number of nitrogens with one attached hydrogen (secondary N) is 1. The van der Waals surface area contributed by atoms with Gasteiger partial charge in [-0.3, -0.25) is 4.98 Å². The van der Waals surface area contributed by atoms with E-state index in [0.717, 1.165) is 5.69 Å². The number of anilines is 3. The Bertz CT molecular complexity index is 1190. The molecule has 0 radical (unpaired) electrons. The Morgan fingerprint density at radius 2 is 1.90 bits per heavy atom. The lowest BCUT2D eigenvalue weighted by atomic mass is 10.1. The molecule has 0 bridgehead atoms. The molecule has 160 valence electrons. The summed E-state index contributed by atoms with van der Waals surface area (Å²) in [6.45, 7) is 2.66. The first-order valence-electron chi connectivity index (χ1n) is 9.72. The molecule has 4 rings (SSSR count). The largest absolute Gasteiger partial charge is 0.380 e. The number of imidazole rings is 1. The van der Waals surface area contributed by atoms with Crippen molar-refractivity contribution < 1.29 is 13.5 Å². The van der Waals surface area contributed by atoms with Crippen LogP contribution in [0.2, 0.25) is 0 Å². The van der Waals surface area contributed by atoms with Gasteiger partial charge in [0, 0.05) is 26.9 Å². The van der Waals surface area contributed by atoms with Gasteiger partial charge in [-0.1, -0.05) is 6.07 Å². The van der Waals surface area contributed by atoms with Crippen molar-refractivity contribution in [3.05, 3.63) is 66.6 Å². The third-order valence-electron chi connectivity index (χ3n) is 4.99.